The molecule has 1 atom stereocenters. The fourth-order valence-electron chi connectivity index (χ4n) is 4.26. The van der Waals surface area contributed by atoms with Gasteiger partial charge in [-0.15, -0.1) is 0 Å². The number of aromatic nitrogens is 2. The minimum Gasteiger partial charge on any atom is -0.371 e. The number of amides is 1. The van der Waals surface area contributed by atoms with Crippen molar-refractivity contribution in [2.75, 3.05) is 33.3 Å². The number of rotatable bonds is 5. The number of aryl methyl sites for hydroxylation is 1. The van der Waals surface area contributed by atoms with E-state index in [1.807, 2.05) is 53.3 Å². The number of carbonyl (C=O) groups is 1. The summed E-state index contributed by atoms with van der Waals surface area (Å²) >= 11 is 0. The van der Waals surface area contributed by atoms with Crippen molar-refractivity contribution in [2.45, 2.75) is 25.0 Å². The van der Waals surface area contributed by atoms with Gasteiger partial charge in [0.15, 0.2) is 0 Å². The molecule has 6 nitrogen and oxygen atoms in total. The van der Waals surface area contributed by atoms with Crippen molar-refractivity contribution in [1.29, 1.82) is 0 Å². The zero-order valence-electron chi connectivity index (χ0n) is 16.2. The number of ether oxygens (including phenoxy) is 1. The molecule has 2 aliphatic heterocycles. The Morgan fingerprint density at radius 1 is 1.37 bits per heavy atom. The maximum atomic E-state index is 12.6. The van der Waals surface area contributed by atoms with Crippen LogP contribution < -0.4 is 0 Å². The lowest BCUT2D eigenvalue weighted by Gasteiger charge is -2.52. The minimum absolute atomic E-state index is 0.107. The Kier molecular flexibility index (Phi) is 5.02. The highest BCUT2D eigenvalue weighted by Crippen LogP contribution is 2.36. The van der Waals surface area contributed by atoms with E-state index < -0.39 is 0 Å². The molecule has 1 spiro atoms. The molecule has 27 heavy (non-hydrogen) atoms. The SMILES string of the molecule is CN(Cc1cccnc1)CC1CCC2(CN(C(=O)c3cccn3C)C2)OC1. The van der Waals surface area contributed by atoms with Crippen LogP contribution in [-0.2, 0) is 18.3 Å². The van der Waals surface area contributed by atoms with Gasteiger partial charge < -0.3 is 19.1 Å². The quantitative estimate of drug-likeness (QED) is 0.812. The van der Waals surface area contributed by atoms with Crippen molar-refractivity contribution in [3.63, 3.8) is 0 Å². The van der Waals surface area contributed by atoms with Gasteiger partial charge >= 0.3 is 0 Å². The van der Waals surface area contributed by atoms with Crippen molar-refractivity contribution in [2.24, 2.45) is 13.0 Å². The first-order chi connectivity index (χ1) is 13.0. The second-order valence-corrected chi connectivity index (χ2v) is 8.12. The molecule has 1 amide bonds. The summed E-state index contributed by atoms with van der Waals surface area (Å²) in [6.07, 6.45) is 7.84. The van der Waals surface area contributed by atoms with Gasteiger partial charge in [0.2, 0.25) is 0 Å². The van der Waals surface area contributed by atoms with E-state index in [1.165, 1.54) is 5.56 Å². The maximum absolute atomic E-state index is 12.6. The molecule has 6 heteroatoms. The summed E-state index contributed by atoms with van der Waals surface area (Å²) in [6, 6.07) is 7.88. The standard InChI is InChI=1S/C21H28N4O2/c1-23(12-17-5-3-9-22-11-17)13-18-7-8-21(27-14-18)15-25(16-21)20(26)19-6-4-10-24(19)2/h3-6,9-11,18H,7-8,12-16H2,1-2H3. The fourth-order valence-corrected chi connectivity index (χ4v) is 4.26. The van der Waals surface area contributed by atoms with Gasteiger partial charge in [-0.2, -0.15) is 0 Å². The van der Waals surface area contributed by atoms with E-state index in [0.29, 0.717) is 5.92 Å². The molecule has 0 radical (unpaired) electrons. The van der Waals surface area contributed by atoms with Crippen LogP contribution in [0.1, 0.15) is 28.9 Å². The van der Waals surface area contributed by atoms with Gasteiger partial charge in [0.05, 0.1) is 19.7 Å². The molecular formula is C21H28N4O2. The second kappa shape index (κ2) is 7.44. The normalized spacial score (nSPS) is 21.4. The molecule has 0 bridgehead atoms. The van der Waals surface area contributed by atoms with Crippen molar-refractivity contribution < 1.29 is 9.53 Å². The molecule has 2 saturated heterocycles. The third-order valence-corrected chi connectivity index (χ3v) is 5.79. The Hall–Kier alpha value is -2.18. The molecule has 0 aromatic carbocycles. The van der Waals surface area contributed by atoms with Gasteiger partial charge in [0.25, 0.3) is 5.91 Å². The molecule has 2 fully saturated rings. The van der Waals surface area contributed by atoms with E-state index >= 15 is 0 Å². The van der Waals surface area contributed by atoms with E-state index in [0.717, 1.165) is 51.3 Å². The third-order valence-electron chi connectivity index (χ3n) is 5.79. The predicted molar refractivity (Wildman–Crippen MR) is 103 cm³/mol. The average molecular weight is 368 g/mol. The van der Waals surface area contributed by atoms with Crippen molar-refractivity contribution in [1.82, 2.24) is 19.4 Å². The number of hydrogen-bond donors (Lipinski definition) is 0. The van der Waals surface area contributed by atoms with Crippen molar-refractivity contribution in [3.05, 3.63) is 54.1 Å². The van der Waals surface area contributed by atoms with Crippen LogP contribution in [0.3, 0.4) is 0 Å². The first-order valence-corrected chi connectivity index (χ1v) is 9.67. The molecule has 2 aromatic heterocycles. The summed E-state index contributed by atoms with van der Waals surface area (Å²) in [5.41, 5.74) is 1.87. The van der Waals surface area contributed by atoms with Gasteiger partial charge in [-0.1, -0.05) is 6.07 Å². The zero-order chi connectivity index (χ0) is 18.9. The van der Waals surface area contributed by atoms with Crippen LogP contribution in [0.25, 0.3) is 0 Å². The predicted octanol–water partition coefficient (Wildman–Crippen LogP) is 2.17. The topological polar surface area (TPSA) is 50.6 Å². The summed E-state index contributed by atoms with van der Waals surface area (Å²) < 4.78 is 8.13. The minimum atomic E-state index is -0.112. The first kappa shape index (κ1) is 18.2. The van der Waals surface area contributed by atoms with Crippen molar-refractivity contribution in [3.8, 4) is 0 Å². The van der Waals surface area contributed by atoms with E-state index in [1.54, 1.807) is 0 Å². The van der Waals surface area contributed by atoms with E-state index in [4.69, 9.17) is 4.74 Å². The average Bonchev–Trinajstić information content (AvgIpc) is 3.07. The lowest BCUT2D eigenvalue weighted by atomic mass is 9.82. The summed E-state index contributed by atoms with van der Waals surface area (Å²) in [4.78, 5) is 21.0. The van der Waals surface area contributed by atoms with Crippen LogP contribution in [-0.4, -0.2) is 64.1 Å². The molecular weight excluding hydrogens is 340 g/mol. The zero-order valence-corrected chi connectivity index (χ0v) is 16.2. The third kappa shape index (κ3) is 3.92. The molecule has 2 aromatic rings. The maximum Gasteiger partial charge on any atom is 0.270 e. The lowest BCUT2D eigenvalue weighted by Crippen LogP contribution is -2.66. The molecule has 0 N–H and O–H groups in total. The Morgan fingerprint density at radius 3 is 2.85 bits per heavy atom. The molecule has 4 rings (SSSR count). The van der Waals surface area contributed by atoms with Gasteiger partial charge in [0, 0.05) is 38.7 Å². The van der Waals surface area contributed by atoms with Gasteiger partial charge in [-0.3, -0.25) is 9.78 Å². The first-order valence-electron chi connectivity index (χ1n) is 9.67. The molecule has 0 aliphatic carbocycles. The van der Waals surface area contributed by atoms with Gasteiger partial charge in [-0.25, -0.2) is 0 Å². The molecule has 1 unspecified atom stereocenters. The summed E-state index contributed by atoms with van der Waals surface area (Å²) in [7, 11) is 4.06. The molecule has 4 heterocycles. The van der Waals surface area contributed by atoms with Gasteiger partial charge in [0.1, 0.15) is 11.3 Å². The van der Waals surface area contributed by atoms with Gasteiger partial charge in [-0.05, 0) is 49.6 Å². The summed E-state index contributed by atoms with van der Waals surface area (Å²) in [6.45, 7) is 4.15. The molecule has 144 valence electrons. The van der Waals surface area contributed by atoms with E-state index in [-0.39, 0.29) is 11.5 Å². The highest BCUT2D eigenvalue weighted by molar-refractivity contribution is 5.93. The van der Waals surface area contributed by atoms with Crippen LogP contribution >= 0.6 is 0 Å². The van der Waals surface area contributed by atoms with Crippen LogP contribution in [0.15, 0.2) is 42.9 Å². The Balaban J connectivity index is 1.23. The van der Waals surface area contributed by atoms with Crippen LogP contribution in [0.2, 0.25) is 0 Å². The van der Waals surface area contributed by atoms with Crippen LogP contribution in [0.4, 0.5) is 0 Å². The smallest absolute Gasteiger partial charge is 0.270 e. The number of hydrogen-bond acceptors (Lipinski definition) is 4. The number of nitrogens with zero attached hydrogens (tertiary/aromatic N) is 4. The van der Waals surface area contributed by atoms with E-state index in [9.17, 15) is 4.79 Å². The molecule has 0 saturated carbocycles. The number of likely N-dealkylation sites (tertiary alicyclic amines) is 1. The van der Waals surface area contributed by atoms with E-state index in [2.05, 4.69) is 23.0 Å². The number of pyridine rings is 1. The largest absolute Gasteiger partial charge is 0.371 e. The Labute approximate surface area is 160 Å². The van der Waals surface area contributed by atoms with Crippen LogP contribution in [0.5, 0.6) is 0 Å². The summed E-state index contributed by atoms with van der Waals surface area (Å²) in [5, 5.41) is 0. The lowest BCUT2D eigenvalue weighted by molar-refractivity contribution is -0.168. The molecule has 2 aliphatic rings. The van der Waals surface area contributed by atoms with Crippen LogP contribution in [0, 0.1) is 5.92 Å². The monoisotopic (exact) mass is 368 g/mol. The Bertz CT molecular complexity index is 772. The number of carbonyl (C=O) groups excluding carboxylic acids is 1. The highest BCUT2D eigenvalue weighted by Gasteiger charge is 2.48. The summed E-state index contributed by atoms with van der Waals surface area (Å²) in [5.74, 6) is 0.657. The highest BCUT2D eigenvalue weighted by atomic mass is 16.5. The second-order valence-electron chi connectivity index (χ2n) is 8.12. The van der Waals surface area contributed by atoms with Crippen molar-refractivity contribution >= 4 is 5.91 Å². The Morgan fingerprint density at radius 2 is 2.22 bits per heavy atom. The fraction of sp³-hybridized carbons (Fsp3) is 0.524.